The maximum atomic E-state index is 12.7. The van der Waals surface area contributed by atoms with E-state index in [1.807, 2.05) is 11.9 Å². The summed E-state index contributed by atoms with van der Waals surface area (Å²) in [5.41, 5.74) is 6.39. The van der Waals surface area contributed by atoms with Crippen molar-refractivity contribution in [1.82, 2.24) is 9.80 Å². The van der Waals surface area contributed by atoms with E-state index in [9.17, 15) is 18.0 Å². The Morgan fingerprint density at radius 3 is 2.45 bits per heavy atom. The van der Waals surface area contributed by atoms with Crippen molar-refractivity contribution in [1.29, 1.82) is 0 Å². The van der Waals surface area contributed by atoms with E-state index >= 15 is 0 Å². The highest BCUT2D eigenvalue weighted by Gasteiger charge is 2.45. The van der Waals surface area contributed by atoms with Crippen molar-refractivity contribution >= 4 is 5.91 Å². The number of alkyl halides is 3. The number of carbonyl (C=O) groups excluding carboxylic acids is 1. The van der Waals surface area contributed by atoms with Gasteiger partial charge in [-0.2, -0.15) is 13.2 Å². The largest absolute Gasteiger partial charge is 0.416 e. The molecule has 3 rings (SSSR count). The smallest absolute Gasteiger partial charge is 0.341 e. The average Bonchev–Trinajstić information content (AvgIpc) is 3.19. The molecule has 0 spiro atoms. The van der Waals surface area contributed by atoms with E-state index in [2.05, 4.69) is 18.7 Å². The Hall–Kier alpha value is -1.60. The third-order valence-corrected chi connectivity index (χ3v) is 6.47. The molecule has 2 fully saturated rings. The Morgan fingerprint density at radius 1 is 1.21 bits per heavy atom. The van der Waals surface area contributed by atoms with Crippen molar-refractivity contribution in [3.05, 3.63) is 35.4 Å². The van der Waals surface area contributed by atoms with E-state index in [0.717, 1.165) is 43.6 Å². The zero-order chi connectivity index (χ0) is 21.3. The van der Waals surface area contributed by atoms with Crippen LogP contribution in [-0.2, 0) is 17.5 Å². The van der Waals surface area contributed by atoms with E-state index in [-0.39, 0.29) is 11.9 Å². The van der Waals surface area contributed by atoms with E-state index < -0.39 is 17.8 Å². The van der Waals surface area contributed by atoms with Gasteiger partial charge < -0.3 is 10.6 Å². The highest BCUT2D eigenvalue weighted by atomic mass is 19.4. The molecule has 1 heterocycles. The highest BCUT2D eigenvalue weighted by molar-refractivity contribution is 5.81. The predicted molar refractivity (Wildman–Crippen MR) is 107 cm³/mol. The molecule has 1 amide bonds. The van der Waals surface area contributed by atoms with Crippen LogP contribution in [0.5, 0.6) is 0 Å². The molecular weight excluding hydrogens is 379 g/mol. The molecule has 2 aliphatic rings. The molecule has 2 N–H and O–H groups in total. The van der Waals surface area contributed by atoms with Gasteiger partial charge in [0, 0.05) is 32.7 Å². The van der Waals surface area contributed by atoms with Gasteiger partial charge in [0.05, 0.1) is 11.6 Å². The molecule has 162 valence electrons. The molecule has 29 heavy (non-hydrogen) atoms. The lowest BCUT2D eigenvalue weighted by atomic mass is 9.96. The maximum absolute atomic E-state index is 12.7. The Labute approximate surface area is 171 Å². The molecular formula is C22H32F3N3O. The fourth-order valence-electron chi connectivity index (χ4n) is 5.03. The van der Waals surface area contributed by atoms with Crippen LogP contribution in [0.15, 0.2) is 24.3 Å². The van der Waals surface area contributed by atoms with Crippen molar-refractivity contribution < 1.29 is 18.0 Å². The van der Waals surface area contributed by atoms with E-state index in [0.29, 0.717) is 30.7 Å². The number of nitrogens with zero attached hydrogens (tertiary/aromatic N) is 2. The number of hydrogen-bond acceptors (Lipinski definition) is 3. The van der Waals surface area contributed by atoms with Gasteiger partial charge in [-0.3, -0.25) is 9.69 Å². The summed E-state index contributed by atoms with van der Waals surface area (Å²) in [5, 5.41) is 0. The summed E-state index contributed by atoms with van der Waals surface area (Å²) in [7, 11) is 1.87. The van der Waals surface area contributed by atoms with Crippen molar-refractivity contribution in [2.75, 3.05) is 20.1 Å². The fraction of sp³-hybridized carbons (Fsp3) is 0.682. The first-order chi connectivity index (χ1) is 13.6. The number of halogens is 3. The second kappa shape index (κ2) is 8.64. The standard InChI is InChI=1S/C22H32F3N3O/c1-14(2)10-19(26)21(29)27(3)20-9-6-16-12-28(13-18(16)20)11-15-4-7-17(8-5-15)22(23,24)25/h4-5,7-8,14,16,18-20H,6,9-13,26H2,1-3H3/t16-,18?,19-,20?/m0/s1. The van der Waals surface area contributed by atoms with Crippen LogP contribution in [0.2, 0.25) is 0 Å². The number of fused-ring (bicyclic) bond motifs is 1. The summed E-state index contributed by atoms with van der Waals surface area (Å²) in [6.07, 6.45) is -1.54. The van der Waals surface area contributed by atoms with Crippen molar-refractivity contribution in [2.45, 2.75) is 57.9 Å². The fourth-order valence-corrected chi connectivity index (χ4v) is 5.03. The monoisotopic (exact) mass is 411 g/mol. The lowest BCUT2D eigenvalue weighted by Crippen LogP contribution is -2.49. The van der Waals surface area contributed by atoms with Gasteiger partial charge in [0.25, 0.3) is 0 Å². The number of amides is 1. The predicted octanol–water partition coefficient (Wildman–Crippen LogP) is 3.75. The highest BCUT2D eigenvalue weighted by Crippen LogP contribution is 2.41. The molecule has 1 saturated carbocycles. The zero-order valence-corrected chi connectivity index (χ0v) is 17.5. The van der Waals surface area contributed by atoms with Crippen LogP contribution in [0.3, 0.4) is 0 Å². The molecule has 1 aliphatic carbocycles. The number of nitrogens with two attached hydrogens (primary N) is 1. The number of hydrogen-bond donors (Lipinski definition) is 1. The molecule has 2 unspecified atom stereocenters. The Bertz CT molecular complexity index is 704. The van der Waals surface area contributed by atoms with E-state index in [1.165, 1.54) is 0 Å². The third-order valence-electron chi connectivity index (χ3n) is 6.47. The Balaban J connectivity index is 1.58. The Kier molecular flexibility index (Phi) is 6.58. The van der Waals surface area contributed by atoms with Crippen molar-refractivity contribution in [2.24, 2.45) is 23.5 Å². The SMILES string of the molecule is CC(C)C[C@H](N)C(=O)N(C)C1CC[C@H]2CN(Cc3ccc(C(F)(F)F)cc3)CC12. The average molecular weight is 412 g/mol. The summed E-state index contributed by atoms with van der Waals surface area (Å²) < 4.78 is 38.2. The minimum atomic E-state index is -4.30. The number of likely N-dealkylation sites (tertiary alicyclic amines) is 1. The molecule has 0 aromatic heterocycles. The second-order valence-electron chi connectivity index (χ2n) is 9.14. The van der Waals surface area contributed by atoms with Crippen LogP contribution in [0.25, 0.3) is 0 Å². The molecule has 4 atom stereocenters. The van der Waals surface area contributed by atoms with E-state index in [1.54, 1.807) is 12.1 Å². The van der Waals surface area contributed by atoms with Crippen LogP contribution in [0.4, 0.5) is 13.2 Å². The lowest BCUT2D eigenvalue weighted by molar-refractivity contribution is -0.137. The van der Waals surface area contributed by atoms with Crippen LogP contribution < -0.4 is 5.73 Å². The second-order valence-corrected chi connectivity index (χ2v) is 9.14. The van der Waals surface area contributed by atoms with Crippen molar-refractivity contribution in [3.8, 4) is 0 Å². The lowest BCUT2D eigenvalue weighted by Gasteiger charge is -2.32. The van der Waals surface area contributed by atoms with E-state index in [4.69, 9.17) is 5.73 Å². The summed E-state index contributed by atoms with van der Waals surface area (Å²) in [5.74, 6) is 1.34. The summed E-state index contributed by atoms with van der Waals surface area (Å²) in [6, 6.07) is 5.17. The zero-order valence-electron chi connectivity index (χ0n) is 17.5. The van der Waals surface area contributed by atoms with Gasteiger partial charge in [0.15, 0.2) is 0 Å². The van der Waals surface area contributed by atoms with Gasteiger partial charge in [-0.25, -0.2) is 0 Å². The quantitative estimate of drug-likeness (QED) is 0.776. The first-order valence-corrected chi connectivity index (χ1v) is 10.5. The van der Waals surface area contributed by atoms with Crippen LogP contribution in [0, 0.1) is 17.8 Å². The number of carbonyl (C=O) groups is 1. The molecule has 0 radical (unpaired) electrons. The minimum Gasteiger partial charge on any atom is -0.341 e. The molecule has 1 aliphatic heterocycles. The first-order valence-electron chi connectivity index (χ1n) is 10.5. The van der Waals surface area contributed by atoms with Gasteiger partial charge >= 0.3 is 6.18 Å². The van der Waals surface area contributed by atoms with Gasteiger partial charge in [-0.15, -0.1) is 0 Å². The molecule has 1 aromatic carbocycles. The molecule has 1 saturated heterocycles. The van der Waals surface area contributed by atoms with Gasteiger partial charge in [-0.1, -0.05) is 26.0 Å². The summed E-state index contributed by atoms with van der Waals surface area (Å²) in [4.78, 5) is 16.9. The van der Waals surface area contributed by atoms with Gasteiger partial charge in [0.2, 0.25) is 5.91 Å². The minimum absolute atomic E-state index is 0.0190. The molecule has 0 bridgehead atoms. The van der Waals surface area contributed by atoms with Crippen LogP contribution in [-0.4, -0.2) is 47.9 Å². The van der Waals surface area contributed by atoms with Crippen LogP contribution >= 0.6 is 0 Å². The normalized spacial score (nSPS) is 26.0. The number of benzene rings is 1. The third kappa shape index (κ3) is 5.12. The topological polar surface area (TPSA) is 49.6 Å². The molecule has 7 heteroatoms. The summed E-state index contributed by atoms with van der Waals surface area (Å²) >= 11 is 0. The Morgan fingerprint density at radius 2 is 1.86 bits per heavy atom. The molecule has 4 nitrogen and oxygen atoms in total. The number of rotatable bonds is 6. The molecule has 1 aromatic rings. The maximum Gasteiger partial charge on any atom is 0.416 e. The van der Waals surface area contributed by atoms with Gasteiger partial charge in [0.1, 0.15) is 0 Å². The number of likely N-dealkylation sites (N-methyl/N-ethyl adjacent to an activating group) is 1. The van der Waals surface area contributed by atoms with Crippen LogP contribution in [0.1, 0.15) is 44.2 Å². The summed E-state index contributed by atoms with van der Waals surface area (Å²) in [6.45, 7) is 6.57. The van der Waals surface area contributed by atoms with Crippen molar-refractivity contribution in [3.63, 3.8) is 0 Å². The first kappa shape index (κ1) is 22.1. The van der Waals surface area contributed by atoms with Gasteiger partial charge in [-0.05, 0) is 54.7 Å².